The van der Waals surface area contributed by atoms with E-state index in [1.807, 2.05) is 0 Å². The second-order valence-corrected chi connectivity index (χ2v) is 7.27. The molecule has 2 rings (SSSR count). The predicted octanol–water partition coefficient (Wildman–Crippen LogP) is 2.91. The fourth-order valence-corrected chi connectivity index (χ4v) is 3.23. The van der Waals surface area contributed by atoms with Gasteiger partial charge in [0.15, 0.2) is 22.6 Å². The van der Waals surface area contributed by atoms with Crippen LogP contribution in [-0.4, -0.2) is 19.2 Å². The molecule has 9 heteroatoms. The first-order valence-electron chi connectivity index (χ1n) is 5.90. The zero-order chi connectivity index (χ0) is 15.6. The van der Waals surface area contributed by atoms with E-state index in [1.165, 1.54) is 13.1 Å². The second-order valence-electron chi connectivity index (χ2n) is 4.15. The quantitative estimate of drug-likeness (QED) is 0.854. The van der Waals surface area contributed by atoms with Gasteiger partial charge in [-0.05, 0) is 18.6 Å². The van der Waals surface area contributed by atoms with Gasteiger partial charge in [-0.3, -0.25) is 4.72 Å². The smallest absolute Gasteiger partial charge is 0.234 e. The van der Waals surface area contributed by atoms with Gasteiger partial charge in [-0.2, -0.15) is 0 Å². The lowest BCUT2D eigenvalue weighted by Crippen LogP contribution is -2.14. The summed E-state index contributed by atoms with van der Waals surface area (Å²) in [4.78, 5) is 4.38. The zero-order valence-electron chi connectivity index (χ0n) is 10.9. The van der Waals surface area contributed by atoms with E-state index in [0.717, 1.165) is 23.5 Å². The van der Waals surface area contributed by atoms with Gasteiger partial charge in [0.25, 0.3) is 0 Å². The van der Waals surface area contributed by atoms with Gasteiger partial charge in [0.1, 0.15) is 0 Å². The first-order chi connectivity index (χ1) is 9.82. The molecule has 0 aliphatic heterocycles. The molecular weight excluding hydrogens is 325 g/mol. The normalized spacial score (nSPS) is 11.6. The van der Waals surface area contributed by atoms with Gasteiger partial charge >= 0.3 is 0 Å². The van der Waals surface area contributed by atoms with Crippen LogP contribution in [0.2, 0.25) is 0 Å². The molecule has 114 valence electrons. The lowest BCUT2D eigenvalue weighted by atomic mass is 10.1. The Bertz CT molecular complexity index is 760. The number of hydrogen-bond donors (Lipinski definition) is 1. The van der Waals surface area contributed by atoms with Crippen LogP contribution in [0.25, 0.3) is 0 Å². The Balaban J connectivity index is 2.19. The van der Waals surface area contributed by atoms with Crippen molar-refractivity contribution in [2.24, 2.45) is 0 Å². The van der Waals surface area contributed by atoms with Crippen LogP contribution < -0.4 is 4.72 Å². The molecule has 1 aromatic carbocycles. The summed E-state index contributed by atoms with van der Waals surface area (Å²) in [5.41, 5.74) is -0.0255. The van der Waals surface area contributed by atoms with Gasteiger partial charge in [-0.25, -0.2) is 26.6 Å². The largest absolute Gasteiger partial charge is 0.259 e. The third kappa shape index (κ3) is 3.73. The van der Waals surface area contributed by atoms with Crippen LogP contribution in [0.4, 0.5) is 18.3 Å². The molecule has 2 aromatic rings. The van der Waals surface area contributed by atoms with E-state index in [2.05, 4.69) is 9.71 Å². The number of anilines is 1. The highest BCUT2D eigenvalue weighted by atomic mass is 32.2. The summed E-state index contributed by atoms with van der Waals surface area (Å²) in [6, 6.07) is 1.98. The van der Waals surface area contributed by atoms with Crippen molar-refractivity contribution in [1.29, 1.82) is 0 Å². The van der Waals surface area contributed by atoms with Gasteiger partial charge < -0.3 is 0 Å². The van der Waals surface area contributed by atoms with E-state index in [1.54, 1.807) is 0 Å². The Morgan fingerprint density at radius 3 is 2.62 bits per heavy atom. The predicted molar refractivity (Wildman–Crippen MR) is 74.3 cm³/mol. The summed E-state index contributed by atoms with van der Waals surface area (Å²) < 4.78 is 64.5. The number of aromatic nitrogens is 1. The molecule has 0 spiro atoms. The zero-order valence-corrected chi connectivity index (χ0v) is 12.5. The number of nitrogens with one attached hydrogen (secondary N) is 1. The average molecular weight is 336 g/mol. The minimum absolute atomic E-state index is 0.00540. The molecule has 0 saturated heterocycles. The molecule has 0 aliphatic carbocycles. The summed E-state index contributed by atoms with van der Waals surface area (Å²) in [5, 5.41) is 0.148. The van der Waals surface area contributed by atoms with Crippen molar-refractivity contribution < 1.29 is 21.6 Å². The highest BCUT2D eigenvalue weighted by Crippen LogP contribution is 2.24. The fraction of sp³-hybridized carbons (Fsp3) is 0.250. The molecular formula is C12H11F3N2O2S2. The summed E-state index contributed by atoms with van der Waals surface area (Å²) in [6.45, 7) is 1.48. The van der Waals surface area contributed by atoms with Gasteiger partial charge in [0.05, 0.1) is 5.75 Å². The highest BCUT2D eigenvalue weighted by Gasteiger charge is 2.15. The molecule has 0 aliphatic rings. The van der Waals surface area contributed by atoms with E-state index in [4.69, 9.17) is 0 Å². The van der Waals surface area contributed by atoms with Crippen LogP contribution >= 0.6 is 11.3 Å². The van der Waals surface area contributed by atoms with Crippen LogP contribution in [-0.2, 0) is 16.4 Å². The topological polar surface area (TPSA) is 59.1 Å². The maximum Gasteiger partial charge on any atom is 0.234 e. The molecule has 1 aromatic heterocycles. The van der Waals surface area contributed by atoms with Crippen LogP contribution in [0.5, 0.6) is 0 Å². The third-order valence-electron chi connectivity index (χ3n) is 2.66. The molecule has 0 bridgehead atoms. The van der Waals surface area contributed by atoms with Gasteiger partial charge in [-0.1, -0.05) is 6.07 Å². The maximum absolute atomic E-state index is 13.5. The number of sulfonamides is 1. The van der Waals surface area contributed by atoms with E-state index < -0.39 is 27.5 Å². The van der Waals surface area contributed by atoms with E-state index in [-0.39, 0.29) is 22.9 Å². The second kappa shape index (κ2) is 6.02. The van der Waals surface area contributed by atoms with Crippen LogP contribution in [0.3, 0.4) is 0 Å². The van der Waals surface area contributed by atoms with Crippen molar-refractivity contribution in [2.75, 3.05) is 10.5 Å². The first-order valence-corrected chi connectivity index (χ1v) is 8.37. The molecule has 0 saturated carbocycles. The number of rotatable bonds is 5. The van der Waals surface area contributed by atoms with Crippen LogP contribution in [0, 0.1) is 17.5 Å². The molecule has 0 atom stereocenters. The number of benzene rings is 1. The van der Waals surface area contributed by atoms with Crippen LogP contribution in [0.1, 0.15) is 17.4 Å². The summed E-state index contributed by atoms with van der Waals surface area (Å²) in [5.74, 6) is -4.13. The van der Waals surface area contributed by atoms with Gasteiger partial charge in [-0.15, -0.1) is 11.3 Å². The van der Waals surface area contributed by atoms with Crippen molar-refractivity contribution in [3.63, 3.8) is 0 Å². The third-order valence-corrected chi connectivity index (χ3v) is 4.96. The number of thiazole rings is 1. The van der Waals surface area contributed by atoms with Crippen LogP contribution in [0.15, 0.2) is 18.3 Å². The highest BCUT2D eigenvalue weighted by molar-refractivity contribution is 7.92. The Hall–Kier alpha value is -1.61. The Labute approximate surface area is 123 Å². The summed E-state index contributed by atoms with van der Waals surface area (Å²) in [6.07, 6.45) is 1.35. The molecule has 0 fully saturated rings. The average Bonchev–Trinajstić information content (AvgIpc) is 2.86. The lowest BCUT2D eigenvalue weighted by molar-refractivity contribution is 0.442. The lowest BCUT2D eigenvalue weighted by Gasteiger charge is -2.03. The molecule has 1 N–H and O–H groups in total. The molecule has 21 heavy (non-hydrogen) atoms. The van der Waals surface area contributed by atoms with E-state index >= 15 is 0 Å². The van der Waals surface area contributed by atoms with Crippen molar-refractivity contribution in [3.8, 4) is 0 Å². The Kier molecular flexibility index (Phi) is 4.52. The number of hydrogen-bond acceptors (Lipinski definition) is 4. The van der Waals surface area contributed by atoms with Gasteiger partial charge in [0.2, 0.25) is 10.0 Å². The SMILES string of the molecule is CCS(=O)(=O)Nc1ncc(Cc2ccc(F)c(F)c2F)s1. The fourth-order valence-electron chi connectivity index (χ4n) is 1.53. The molecule has 1 heterocycles. The van der Waals surface area contributed by atoms with Crippen molar-refractivity contribution in [3.05, 3.63) is 46.2 Å². The van der Waals surface area contributed by atoms with E-state index in [9.17, 15) is 21.6 Å². The molecule has 0 unspecified atom stereocenters. The van der Waals surface area contributed by atoms with Crippen molar-refractivity contribution in [2.45, 2.75) is 13.3 Å². The summed E-state index contributed by atoms with van der Waals surface area (Å²) >= 11 is 1.00. The monoisotopic (exact) mass is 336 g/mol. The molecule has 4 nitrogen and oxygen atoms in total. The van der Waals surface area contributed by atoms with Crippen molar-refractivity contribution >= 4 is 26.5 Å². The molecule has 0 amide bonds. The Morgan fingerprint density at radius 1 is 1.24 bits per heavy atom. The first kappa shape index (κ1) is 15.8. The van der Waals surface area contributed by atoms with E-state index in [0.29, 0.717) is 4.88 Å². The number of nitrogens with zero attached hydrogens (tertiary/aromatic N) is 1. The Morgan fingerprint density at radius 2 is 1.95 bits per heavy atom. The minimum Gasteiger partial charge on any atom is -0.259 e. The summed E-state index contributed by atoms with van der Waals surface area (Å²) in [7, 11) is -3.44. The number of halogens is 3. The minimum atomic E-state index is -3.44. The van der Waals surface area contributed by atoms with Gasteiger partial charge in [0, 0.05) is 17.5 Å². The molecule has 0 radical (unpaired) electrons. The maximum atomic E-state index is 13.5. The standard InChI is InChI=1S/C12H11F3N2O2S2/c1-2-21(18,19)17-12-16-6-8(20-12)5-7-3-4-9(13)11(15)10(7)14/h3-4,6H,2,5H2,1H3,(H,16,17). The van der Waals surface area contributed by atoms with Crippen molar-refractivity contribution in [1.82, 2.24) is 4.98 Å².